The molecule has 0 saturated heterocycles. The van der Waals surface area contributed by atoms with E-state index in [2.05, 4.69) is 5.32 Å². The van der Waals surface area contributed by atoms with Crippen molar-refractivity contribution in [2.75, 3.05) is 6.61 Å². The van der Waals surface area contributed by atoms with Crippen molar-refractivity contribution in [1.29, 1.82) is 0 Å². The number of hydrogen-bond donors (Lipinski definition) is 3. The fourth-order valence-corrected chi connectivity index (χ4v) is 2.27. The number of rotatable bonds is 5. The van der Waals surface area contributed by atoms with Gasteiger partial charge in [-0.05, 0) is 29.7 Å². The van der Waals surface area contributed by atoms with Gasteiger partial charge < -0.3 is 15.5 Å². The van der Waals surface area contributed by atoms with Crippen LogP contribution in [0.5, 0.6) is 0 Å². The second-order valence-corrected chi connectivity index (χ2v) is 4.91. The Morgan fingerprint density at radius 3 is 2.36 bits per heavy atom. The molecule has 0 saturated carbocycles. The van der Waals surface area contributed by atoms with Gasteiger partial charge in [-0.3, -0.25) is 4.79 Å². The van der Waals surface area contributed by atoms with Crippen molar-refractivity contribution in [2.45, 2.75) is 13.0 Å². The van der Waals surface area contributed by atoms with E-state index in [0.29, 0.717) is 5.56 Å². The number of carboxylic acids is 1. The molecule has 22 heavy (non-hydrogen) atoms. The van der Waals surface area contributed by atoms with Gasteiger partial charge in [-0.1, -0.05) is 42.5 Å². The summed E-state index contributed by atoms with van der Waals surface area (Å²) in [6.07, 6.45) is 0. The monoisotopic (exact) mass is 299 g/mol. The van der Waals surface area contributed by atoms with Crippen molar-refractivity contribution in [3.8, 4) is 11.1 Å². The van der Waals surface area contributed by atoms with Crippen LogP contribution in [0.3, 0.4) is 0 Å². The molecule has 0 spiro atoms. The predicted octanol–water partition coefficient (Wildman–Crippen LogP) is 1.84. The standard InChI is InChI=1S/C17H17NO4/c1-11-6-5-9-13(15(11)12-7-3-2-4-8-12)16(20)18-14(10-19)17(21)22/h2-9,14,19H,10H2,1H3,(H,18,20)(H,21,22)/t14-/m0/s1. The van der Waals surface area contributed by atoms with Crippen LogP contribution in [0.25, 0.3) is 11.1 Å². The Labute approximate surface area is 128 Å². The van der Waals surface area contributed by atoms with Crippen molar-refractivity contribution >= 4 is 11.9 Å². The average molecular weight is 299 g/mol. The van der Waals surface area contributed by atoms with Gasteiger partial charge in [0.05, 0.1) is 6.61 Å². The van der Waals surface area contributed by atoms with E-state index < -0.39 is 24.5 Å². The summed E-state index contributed by atoms with van der Waals surface area (Å²) in [7, 11) is 0. The molecule has 3 N–H and O–H groups in total. The molecule has 2 rings (SSSR count). The van der Waals surface area contributed by atoms with Crippen LogP contribution in [0, 0.1) is 6.92 Å². The third-order valence-electron chi connectivity index (χ3n) is 3.37. The fraction of sp³-hybridized carbons (Fsp3) is 0.176. The summed E-state index contributed by atoms with van der Waals surface area (Å²) in [5.41, 5.74) is 2.92. The minimum atomic E-state index is -1.32. The Bertz CT molecular complexity index is 682. The quantitative estimate of drug-likeness (QED) is 0.786. The molecule has 0 aliphatic rings. The van der Waals surface area contributed by atoms with E-state index in [1.807, 2.05) is 43.3 Å². The highest BCUT2D eigenvalue weighted by Crippen LogP contribution is 2.27. The minimum Gasteiger partial charge on any atom is -0.480 e. The molecule has 0 radical (unpaired) electrons. The van der Waals surface area contributed by atoms with Gasteiger partial charge in [0.15, 0.2) is 6.04 Å². The van der Waals surface area contributed by atoms with E-state index in [4.69, 9.17) is 10.2 Å². The van der Waals surface area contributed by atoms with E-state index >= 15 is 0 Å². The number of carbonyl (C=O) groups is 2. The number of aliphatic carboxylic acids is 1. The van der Waals surface area contributed by atoms with E-state index in [9.17, 15) is 9.59 Å². The summed E-state index contributed by atoms with van der Waals surface area (Å²) in [4.78, 5) is 23.3. The Balaban J connectivity index is 2.42. The lowest BCUT2D eigenvalue weighted by Gasteiger charge is -2.16. The molecule has 0 bridgehead atoms. The maximum Gasteiger partial charge on any atom is 0.328 e. The van der Waals surface area contributed by atoms with Gasteiger partial charge in [-0.2, -0.15) is 0 Å². The molecular weight excluding hydrogens is 282 g/mol. The zero-order chi connectivity index (χ0) is 16.1. The second kappa shape index (κ2) is 6.87. The van der Waals surface area contributed by atoms with Crippen LogP contribution in [-0.4, -0.2) is 34.7 Å². The zero-order valence-corrected chi connectivity index (χ0v) is 12.1. The zero-order valence-electron chi connectivity index (χ0n) is 12.1. The van der Waals surface area contributed by atoms with Gasteiger partial charge in [0, 0.05) is 5.56 Å². The fourth-order valence-electron chi connectivity index (χ4n) is 2.27. The largest absolute Gasteiger partial charge is 0.480 e. The molecule has 0 aliphatic heterocycles. The van der Waals surface area contributed by atoms with Gasteiger partial charge >= 0.3 is 5.97 Å². The molecule has 1 amide bonds. The van der Waals surface area contributed by atoms with Crippen LogP contribution in [0.2, 0.25) is 0 Å². The van der Waals surface area contributed by atoms with Gasteiger partial charge in [0.2, 0.25) is 0 Å². The predicted molar refractivity (Wildman–Crippen MR) is 82.6 cm³/mol. The van der Waals surface area contributed by atoms with Gasteiger partial charge in [-0.25, -0.2) is 4.79 Å². The molecule has 0 aromatic heterocycles. The lowest BCUT2D eigenvalue weighted by atomic mass is 9.94. The third-order valence-corrected chi connectivity index (χ3v) is 3.37. The number of carbonyl (C=O) groups excluding carboxylic acids is 1. The Morgan fingerprint density at radius 1 is 1.09 bits per heavy atom. The first kappa shape index (κ1) is 15.7. The van der Waals surface area contributed by atoms with Crippen molar-refractivity contribution < 1.29 is 19.8 Å². The molecule has 114 valence electrons. The normalized spacial score (nSPS) is 11.7. The van der Waals surface area contributed by atoms with Crippen LogP contribution in [0.15, 0.2) is 48.5 Å². The van der Waals surface area contributed by atoms with Crippen molar-refractivity contribution in [1.82, 2.24) is 5.32 Å². The van der Waals surface area contributed by atoms with E-state index in [1.165, 1.54) is 0 Å². The maximum absolute atomic E-state index is 12.4. The summed E-state index contributed by atoms with van der Waals surface area (Å²) >= 11 is 0. The molecule has 5 heteroatoms. The molecule has 5 nitrogen and oxygen atoms in total. The average Bonchev–Trinajstić information content (AvgIpc) is 2.52. The third kappa shape index (κ3) is 3.32. The van der Waals surface area contributed by atoms with E-state index in [-0.39, 0.29) is 0 Å². The summed E-state index contributed by atoms with van der Waals surface area (Å²) in [5.74, 6) is -1.80. The first-order chi connectivity index (χ1) is 10.5. The van der Waals surface area contributed by atoms with E-state index in [0.717, 1.165) is 16.7 Å². The molecule has 2 aromatic carbocycles. The highest BCUT2D eigenvalue weighted by Gasteiger charge is 2.22. The summed E-state index contributed by atoms with van der Waals surface area (Å²) < 4.78 is 0. The van der Waals surface area contributed by atoms with Crippen LogP contribution < -0.4 is 5.32 Å². The number of aryl methyl sites for hydroxylation is 1. The molecule has 0 fully saturated rings. The highest BCUT2D eigenvalue weighted by molar-refractivity contribution is 6.03. The number of amides is 1. The first-order valence-corrected chi connectivity index (χ1v) is 6.84. The van der Waals surface area contributed by atoms with Crippen molar-refractivity contribution in [3.63, 3.8) is 0 Å². The SMILES string of the molecule is Cc1cccc(C(=O)N[C@@H](CO)C(=O)O)c1-c1ccccc1. The molecule has 0 heterocycles. The van der Waals surface area contributed by atoms with E-state index in [1.54, 1.807) is 12.1 Å². The van der Waals surface area contributed by atoms with Gasteiger partial charge in [0.25, 0.3) is 5.91 Å². The Morgan fingerprint density at radius 2 is 1.77 bits per heavy atom. The van der Waals surface area contributed by atoms with Crippen LogP contribution >= 0.6 is 0 Å². The molecule has 1 atom stereocenters. The minimum absolute atomic E-state index is 0.380. The summed E-state index contributed by atoms with van der Waals surface area (Å²) in [5, 5.41) is 20.3. The highest BCUT2D eigenvalue weighted by atomic mass is 16.4. The second-order valence-electron chi connectivity index (χ2n) is 4.91. The van der Waals surface area contributed by atoms with Crippen molar-refractivity contribution in [3.05, 3.63) is 59.7 Å². The number of benzene rings is 2. The Hall–Kier alpha value is -2.66. The van der Waals surface area contributed by atoms with Gasteiger partial charge in [-0.15, -0.1) is 0 Å². The van der Waals surface area contributed by atoms with Crippen molar-refractivity contribution in [2.24, 2.45) is 0 Å². The number of hydrogen-bond acceptors (Lipinski definition) is 3. The van der Waals surface area contributed by atoms with Gasteiger partial charge in [0.1, 0.15) is 0 Å². The number of aliphatic hydroxyl groups is 1. The molecule has 0 unspecified atom stereocenters. The number of aliphatic hydroxyl groups excluding tert-OH is 1. The Kier molecular flexibility index (Phi) is 4.91. The first-order valence-electron chi connectivity index (χ1n) is 6.84. The maximum atomic E-state index is 12.4. The lowest BCUT2D eigenvalue weighted by Crippen LogP contribution is -2.43. The molecular formula is C17H17NO4. The van der Waals surface area contributed by atoms with Crippen LogP contribution in [0.1, 0.15) is 15.9 Å². The van der Waals surface area contributed by atoms with Crippen LogP contribution in [0.4, 0.5) is 0 Å². The van der Waals surface area contributed by atoms with Crippen LogP contribution in [-0.2, 0) is 4.79 Å². The summed E-state index contributed by atoms with van der Waals surface area (Å²) in [6.45, 7) is 1.23. The topological polar surface area (TPSA) is 86.6 Å². The lowest BCUT2D eigenvalue weighted by molar-refractivity contribution is -0.140. The molecule has 0 aliphatic carbocycles. The molecule has 2 aromatic rings. The number of nitrogens with one attached hydrogen (secondary N) is 1. The number of carboxylic acid groups (broad SMARTS) is 1. The smallest absolute Gasteiger partial charge is 0.328 e. The summed E-state index contributed by atoms with van der Waals surface area (Å²) in [6, 6.07) is 13.4.